The summed E-state index contributed by atoms with van der Waals surface area (Å²) < 4.78 is 0. The summed E-state index contributed by atoms with van der Waals surface area (Å²) in [5, 5.41) is 10.9. The Kier molecular flexibility index (Phi) is 4.88. The van der Waals surface area contributed by atoms with Gasteiger partial charge in [0.15, 0.2) is 0 Å². The third-order valence-electron chi connectivity index (χ3n) is 5.76. The van der Waals surface area contributed by atoms with E-state index in [2.05, 4.69) is 52.0 Å². The van der Waals surface area contributed by atoms with Gasteiger partial charge < -0.3 is 0 Å². The van der Waals surface area contributed by atoms with Crippen LogP contribution in [-0.4, -0.2) is 4.92 Å². The van der Waals surface area contributed by atoms with Crippen molar-refractivity contribution in [3.05, 3.63) is 75.8 Å². The Morgan fingerprint density at radius 3 is 1.65 bits per heavy atom. The highest BCUT2D eigenvalue weighted by atomic mass is 16.6. The van der Waals surface area contributed by atoms with Crippen LogP contribution in [0.25, 0.3) is 0 Å². The Morgan fingerprint density at radius 2 is 1.26 bits per heavy atom. The predicted molar refractivity (Wildman–Crippen MR) is 94.8 cm³/mol. The summed E-state index contributed by atoms with van der Waals surface area (Å²) in [6.07, 6.45) is 1.96. The molecule has 0 heterocycles. The summed E-state index contributed by atoms with van der Waals surface area (Å²) in [6.45, 7) is 8.97. The molecule has 2 rings (SSSR count). The van der Waals surface area contributed by atoms with Gasteiger partial charge >= 0.3 is 0 Å². The molecule has 0 spiro atoms. The zero-order chi connectivity index (χ0) is 17.1. The van der Waals surface area contributed by atoms with E-state index < -0.39 is 0 Å². The fourth-order valence-corrected chi connectivity index (χ4v) is 3.58. The van der Waals surface area contributed by atoms with Gasteiger partial charge in [-0.2, -0.15) is 0 Å². The summed E-state index contributed by atoms with van der Waals surface area (Å²) in [7, 11) is 0. The second-order valence-corrected chi connectivity index (χ2v) is 6.54. The standard InChI is InChI=1S/C20H25NO2/c1-5-19(3,16-10-8-7-9-11-16)20(4,6-2)17-12-14-18(15-13-17)21(22)23/h7-15H,5-6H2,1-4H3/t19-,20+/m0/s1. The molecule has 0 aromatic heterocycles. The third kappa shape index (κ3) is 2.88. The van der Waals surface area contributed by atoms with Crippen LogP contribution in [0.1, 0.15) is 51.7 Å². The molecule has 0 unspecified atom stereocenters. The van der Waals surface area contributed by atoms with Crippen LogP contribution >= 0.6 is 0 Å². The van der Waals surface area contributed by atoms with Crippen LogP contribution in [-0.2, 0) is 10.8 Å². The van der Waals surface area contributed by atoms with Crippen LogP contribution in [0.5, 0.6) is 0 Å². The monoisotopic (exact) mass is 311 g/mol. The van der Waals surface area contributed by atoms with E-state index in [1.54, 1.807) is 12.1 Å². The van der Waals surface area contributed by atoms with E-state index in [4.69, 9.17) is 0 Å². The summed E-state index contributed by atoms with van der Waals surface area (Å²) in [5.41, 5.74) is 2.46. The van der Waals surface area contributed by atoms with Gasteiger partial charge in [0.05, 0.1) is 4.92 Å². The first-order valence-corrected chi connectivity index (χ1v) is 8.19. The average Bonchev–Trinajstić information content (AvgIpc) is 2.61. The van der Waals surface area contributed by atoms with Crippen molar-refractivity contribution >= 4 is 5.69 Å². The Bertz CT molecular complexity index is 666. The van der Waals surface area contributed by atoms with Crippen molar-refractivity contribution < 1.29 is 4.92 Å². The molecule has 3 heteroatoms. The Morgan fingerprint density at radius 1 is 0.826 bits per heavy atom. The molecule has 0 bridgehead atoms. The Labute approximate surface area is 138 Å². The summed E-state index contributed by atoms with van der Waals surface area (Å²) in [6, 6.07) is 17.6. The van der Waals surface area contributed by atoms with E-state index in [9.17, 15) is 10.1 Å². The van der Waals surface area contributed by atoms with Crippen molar-refractivity contribution in [2.45, 2.75) is 51.4 Å². The number of nitrogens with zero attached hydrogens (tertiary/aromatic N) is 1. The Hall–Kier alpha value is -2.16. The molecule has 23 heavy (non-hydrogen) atoms. The summed E-state index contributed by atoms with van der Waals surface area (Å²) >= 11 is 0. The van der Waals surface area contributed by atoms with E-state index in [0.29, 0.717) is 0 Å². The quantitative estimate of drug-likeness (QED) is 0.512. The molecule has 0 aliphatic carbocycles. The summed E-state index contributed by atoms with van der Waals surface area (Å²) in [5.74, 6) is 0. The zero-order valence-corrected chi connectivity index (χ0v) is 14.4. The molecular weight excluding hydrogens is 286 g/mol. The highest BCUT2D eigenvalue weighted by molar-refractivity contribution is 5.41. The number of nitro groups is 1. The van der Waals surface area contributed by atoms with Gasteiger partial charge in [0.25, 0.3) is 5.69 Å². The van der Waals surface area contributed by atoms with Gasteiger partial charge in [-0.15, -0.1) is 0 Å². The molecule has 2 atom stereocenters. The molecule has 3 nitrogen and oxygen atoms in total. The lowest BCUT2D eigenvalue weighted by Crippen LogP contribution is -2.44. The largest absolute Gasteiger partial charge is 0.269 e. The molecule has 0 aliphatic heterocycles. The first-order valence-electron chi connectivity index (χ1n) is 8.19. The lowest BCUT2D eigenvalue weighted by atomic mass is 9.56. The number of benzene rings is 2. The molecule has 2 aromatic rings. The molecule has 0 aliphatic rings. The molecule has 0 fully saturated rings. The second kappa shape index (κ2) is 6.53. The average molecular weight is 311 g/mol. The summed E-state index contributed by atoms with van der Waals surface area (Å²) in [4.78, 5) is 10.6. The van der Waals surface area contributed by atoms with Gasteiger partial charge in [-0.25, -0.2) is 0 Å². The molecule has 0 radical (unpaired) electrons. The minimum Gasteiger partial charge on any atom is -0.258 e. The molecule has 122 valence electrons. The van der Waals surface area contributed by atoms with E-state index >= 15 is 0 Å². The van der Waals surface area contributed by atoms with Crippen LogP contribution in [0.4, 0.5) is 5.69 Å². The number of non-ortho nitro benzene ring substituents is 1. The van der Waals surface area contributed by atoms with Gasteiger partial charge in [0.2, 0.25) is 0 Å². The lowest BCUT2D eigenvalue weighted by molar-refractivity contribution is -0.384. The third-order valence-corrected chi connectivity index (χ3v) is 5.76. The van der Waals surface area contributed by atoms with Gasteiger partial charge in [-0.3, -0.25) is 10.1 Å². The smallest absolute Gasteiger partial charge is 0.258 e. The molecule has 2 aromatic carbocycles. The molecule has 0 saturated heterocycles. The second-order valence-electron chi connectivity index (χ2n) is 6.54. The minimum atomic E-state index is -0.344. The normalized spacial score (nSPS) is 16.3. The van der Waals surface area contributed by atoms with Crippen molar-refractivity contribution in [3.63, 3.8) is 0 Å². The first kappa shape index (κ1) is 17.2. The van der Waals surface area contributed by atoms with Crippen molar-refractivity contribution in [3.8, 4) is 0 Å². The van der Waals surface area contributed by atoms with E-state index in [0.717, 1.165) is 18.4 Å². The van der Waals surface area contributed by atoms with Gasteiger partial charge in [-0.05, 0) is 24.0 Å². The highest BCUT2D eigenvalue weighted by Gasteiger charge is 2.44. The van der Waals surface area contributed by atoms with Crippen LogP contribution in [0.2, 0.25) is 0 Å². The molecule has 0 amide bonds. The minimum absolute atomic E-state index is 0.0425. The predicted octanol–water partition coefficient (Wildman–Crippen LogP) is 5.63. The van der Waals surface area contributed by atoms with Crippen LogP contribution < -0.4 is 0 Å². The highest BCUT2D eigenvalue weighted by Crippen LogP contribution is 2.48. The van der Waals surface area contributed by atoms with Crippen molar-refractivity contribution in [1.82, 2.24) is 0 Å². The SMILES string of the molecule is CC[C@@](C)(c1ccccc1)[C@](C)(CC)c1ccc([N+](=O)[O-])cc1. The Balaban J connectivity index is 2.55. The maximum absolute atomic E-state index is 10.9. The van der Waals surface area contributed by atoms with Crippen molar-refractivity contribution in [2.24, 2.45) is 0 Å². The zero-order valence-electron chi connectivity index (χ0n) is 14.4. The number of hydrogen-bond donors (Lipinski definition) is 0. The van der Waals surface area contributed by atoms with Gasteiger partial charge in [0, 0.05) is 23.0 Å². The molecule has 0 saturated carbocycles. The molecular formula is C20H25NO2. The number of nitro benzene ring substituents is 1. The first-order chi connectivity index (χ1) is 10.9. The van der Waals surface area contributed by atoms with Crippen LogP contribution in [0.3, 0.4) is 0 Å². The topological polar surface area (TPSA) is 43.1 Å². The van der Waals surface area contributed by atoms with E-state index in [-0.39, 0.29) is 21.4 Å². The van der Waals surface area contributed by atoms with Gasteiger partial charge in [0.1, 0.15) is 0 Å². The maximum Gasteiger partial charge on any atom is 0.269 e. The van der Waals surface area contributed by atoms with Crippen molar-refractivity contribution in [2.75, 3.05) is 0 Å². The lowest BCUT2D eigenvalue weighted by Gasteiger charge is -2.47. The van der Waals surface area contributed by atoms with E-state index in [1.165, 1.54) is 5.56 Å². The van der Waals surface area contributed by atoms with Crippen LogP contribution in [0, 0.1) is 10.1 Å². The fourth-order valence-electron chi connectivity index (χ4n) is 3.58. The van der Waals surface area contributed by atoms with Crippen molar-refractivity contribution in [1.29, 1.82) is 0 Å². The number of hydrogen-bond acceptors (Lipinski definition) is 2. The maximum atomic E-state index is 10.9. The van der Waals surface area contributed by atoms with E-state index in [1.807, 2.05) is 18.2 Å². The van der Waals surface area contributed by atoms with Crippen LogP contribution in [0.15, 0.2) is 54.6 Å². The molecule has 0 N–H and O–H groups in total. The number of rotatable bonds is 6. The fraction of sp³-hybridized carbons (Fsp3) is 0.400. The van der Waals surface area contributed by atoms with Gasteiger partial charge in [-0.1, -0.05) is 70.2 Å².